The van der Waals surface area contributed by atoms with Gasteiger partial charge >= 0.3 is 47.6 Å². The van der Waals surface area contributed by atoms with E-state index in [1.165, 1.54) is 24.3 Å². The van der Waals surface area contributed by atoms with Crippen molar-refractivity contribution < 1.29 is 75.0 Å². The maximum absolute atomic E-state index is 15.1. The number of rotatable bonds is 9. The molecule has 0 atom stereocenters. The molecule has 18 heteroatoms. The highest BCUT2D eigenvalue weighted by atomic mass is 19.4. The second-order valence-corrected chi connectivity index (χ2v) is 9.60. The summed E-state index contributed by atoms with van der Waals surface area (Å²) in [6.45, 7) is -1.36. The molecule has 47 heavy (non-hydrogen) atoms. The molecule has 0 fully saturated rings. The average Bonchev–Trinajstić information content (AvgIpc) is 2.99. The highest BCUT2D eigenvalue weighted by Gasteiger charge is 2.94. The summed E-state index contributed by atoms with van der Waals surface area (Å²) in [4.78, 5) is 12.5. The van der Waals surface area contributed by atoms with E-state index >= 15 is 8.78 Å². The highest BCUT2D eigenvalue weighted by molar-refractivity contribution is 6.00. The molecule has 0 radical (unpaired) electrons. The Bertz CT molecular complexity index is 1640. The molecular weight excluding hydrogens is 682 g/mol. The Morgan fingerprint density at radius 2 is 1.02 bits per heavy atom. The third-order valence-electron chi connectivity index (χ3n) is 6.41. The van der Waals surface area contributed by atoms with E-state index in [1.807, 2.05) is 0 Å². The molecule has 0 aliphatic rings. The maximum Gasteiger partial charge on any atom is 0.460 e. The Morgan fingerprint density at radius 1 is 0.553 bits per heavy atom. The van der Waals surface area contributed by atoms with Gasteiger partial charge in [0.15, 0.2) is 0 Å². The van der Waals surface area contributed by atoms with Crippen molar-refractivity contribution in [3.05, 3.63) is 101 Å². The summed E-state index contributed by atoms with van der Waals surface area (Å²) in [5.41, 5.74) is -1.56. The minimum absolute atomic E-state index is 0.244. The molecule has 2 nitrogen and oxygen atoms in total. The van der Waals surface area contributed by atoms with Gasteiger partial charge in [-0.1, -0.05) is 54.3 Å². The molecule has 0 aliphatic heterocycles. The Labute approximate surface area is 253 Å². The van der Waals surface area contributed by atoms with Crippen LogP contribution in [0, 0.1) is 17.7 Å². The first-order valence-corrected chi connectivity index (χ1v) is 12.4. The average molecular weight is 697 g/mol. The van der Waals surface area contributed by atoms with E-state index < -0.39 is 81.7 Å². The zero-order chi connectivity index (χ0) is 35.9. The second kappa shape index (κ2) is 12.3. The number of carbonyl (C=O) groups excluding carboxylic acids is 1. The van der Waals surface area contributed by atoms with E-state index in [2.05, 4.69) is 11.8 Å². The number of hydrogen-bond donors (Lipinski definition) is 0. The number of anilines is 1. The van der Waals surface area contributed by atoms with Crippen molar-refractivity contribution in [2.75, 3.05) is 4.90 Å². The zero-order valence-electron chi connectivity index (χ0n) is 22.6. The predicted octanol–water partition coefficient (Wildman–Crippen LogP) is 9.13. The van der Waals surface area contributed by atoms with Gasteiger partial charge in [-0.05, 0) is 42.0 Å². The minimum atomic E-state index is -8.56. The van der Waals surface area contributed by atoms with Gasteiger partial charge in [-0.2, -0.15) is 65.9 Å². The monoisotopic (exact) mass is 697 g/mol. The molecular formula is C29H15F16NO. The van der Waals surface area contributed by atoms with Crippen LogP contribution in [0.3, 0.4) is 0 Å². The van der Waals surface area contributed by atoms with Crippen LogP contribution in [0.5, 0.6) is 0 Å². The van der Waals surface area contributed by atoms with E-state index in [0.29, 0.717) is 12.1 Å². The number of benzene rings is 3. The van der Waals surface area contributed by atoms with Gasteiger partial charge in [0, 0.05) is 11.1 Å². The first-order valence-electron chi connectivity index (χ1n) is 12.4. The molecule has 254 valence electrons. The van der Waals surface area contributed by atoms with Crippen LogP contribution in [0.15, 0.2) is 78.9 Å². The molecule has 0 unspecified atom stereocenters. The fourth-order valence-corrected chi connectivity index (χ4v) is 3.78. The summed E-state index contributed by atoms with van der Waals surface area (Å²) in [7, 11) is 0. The summed E-state index contributed by atoms with van der Waals surface area (Å²) in [6, 6.07) is 14.1. The summed E-state index contributed by atoms with van der Waals surface area (Å²) in [6.07, 6.45) is -7.76. The molecule has 3 rings (SSSR count). The van der Waals surface area contributed by atoms with Crippen LogP contribution in [-0.2, 0) is 11.3 Å². The van der Waals surface area contributed by atoms with E-state index in [1.54, 1.807) is 6.07 Å². The molecule has 0 N–H and O–H groups in total. The van der Waals surface area contributed by atoms with E-state index in [0.717, 1.165) is 36.4 Å². The SMILES string of the molecule is O=C(N(Cc1ccc(F)cc1)c1ccccc1C#Cc1ccccc1)C(F)(F)C(F)(F)C(F)(F)C(F)(F)C(F)(F)C(F)(F)C(F)(F)F. The Morgan fingerprint density at radius 3 is 1.55 bits per heavy atom. The Balaban J connectivity index is 2.20. The van der Waals surface area contributed by atoms with Crippen molar-refractivity contribution >= 4 is 11.6 Å². The molecule has 0 spiro atoms. The quantitative estimate of drug-likeness (QED) is 0.161. The topological polar surface area (TPSA) is 20.3 Å². The number of amides is 1. The van der Waals surface area contributed by atoms with Crippen molar-refractivity contribution in [3.63, 3.8) is 0 Å². The lowest BCUT2D eigenvalue weighted by Crippen LogP contribution is -2.74. The van der Waals surface area contributed by atoms with Crippen molar-refractivity contribution in [2.45, 2.75) is 48.3 Å². The van der Waals surface area contributed by atoms with Gasteiger partial charge < -0.3 is 4.90 Å². The van der Waals surface area contributed by atoms with Crippen molar-refractivity contribution in [1.29, 1.82) is 0 Å². The number of carbonyl (C=O) groups is 1. The van der Waals surface area contributed by atoms with Gasteiger partial charge in [0.2, 0.25) is 0 Å². The molecule has 3 aromatic rings. The molecule has 0 saturated carbocycles. The first kappa shape index (κ1) is 37.0. The van der Waals surface area contributed by atoms with Crippen LogP contribution in [0.4, 0.5) is 75.9 Å². The van der Waals surface area contributed by atoms with Crippen LogP contribution in [0.1, 0.15) is 16.7 Å². The predicted molar refractivity (Wildman–Crippen MR) is 132 cm³/mol. The van der Waals surface area contributed by atoms with Gasteiger partial charge in [0.05, 0.1) is 12.2 Å². The zero-order valence-corrected chi connectivity index (χ0v) is 22.6. The molecule has 3 aromatic carbocycles. The number of nitrogens with zero attached hydrogens (tertiary/aromatic N) is 1. The smallest absolute Gasteiger partial charge is 0.301 e. The van der Waals surface area contributed by atoms with Crippen molar-refractivity contribution in [2.24, 2.45) is 0 Å². The molecule has 0 bridgehead atoms. The van der Waals surface area contributed by atoms with E-state index in [9.17, 15) is 66.3 Å². The molecule has 0 aliphatic carbocycles. The lowest BCUT2D eigenvalue weighted by atomic mass is 9.90. The van der Waals surface area contributed by atoms with E-state index in [4.69, 9.17) is 0 Å². The maximum atomic E-state index is 15.1. The number of alkyl halides is 15. The van der Waals surface area contributed by atoms with Crippen LogP contribution < -0.4 is 4.90 Å². The second-order valence-electron chi connectivity index (χ2n) is 9.60. The van der Waals surface area contributed by atoms with Crippen molar-refractivity contribution in [1.82, 2.24) is 0 Å². The van der Waals surface area contributed by atoms with Crippen LogP contribution in [0.25, 0.3) is 0 Å². The fourth-order valence-electron chi connectivity index (χ4n) is 3.78. The van der Waals surface area contributed by atoms with Gasteiger partial charge in [-0.15, -0.1) is 0 Å². The molecule has 0 saturated heterocycles. The number of halogens is 16. The molecule has 0 heterocycles. The normalized spacial score (nSPS) is 13.5. The van der Waals surface area contributed by atoms with Gasteiger partial charge in [0.25, 0.3) is 0 Å². The molecule has 1 amide bonds. The summed E-state index contributed by atoms with van der Waals surface area (Å²) < 4.78 is 221. The number of hydrogen-bond acceptors (Lipinski definition) is 1. The lowest BCUT2D eigenvalue weighted by molar-refractivity contribution is -0.449. The first-order chi connectivity index (χ1) is 21.3. The lowest BCUT2D eigenvalue weighted by Gasteiger charge is -2.41. The Kier molecular flexibility index (Phi) is 9.69. The van der Waals surface area contributed by atoms with Gasteiger partial charge in [0.1, 0.15) is 5.82 Å². The summed E-state index contributed by atoms with van der Waals surface area (Å²) in [5, 5.41) is 0. The summed E-state index contributed by atoms with van der Waals surface area (Å²) in [5.74, 6) is -48.6. The van der Waals surface area contributed by atoms with Crippen LogP contribution in [-0.4, -0.2) is 47.6 Å². The standard InChI is InChI=1S/C29H15F16NO/c30-20-14-11-18(12-15-20)16-46(21-9-5-4-8-19(21)13-10-17-6-2-1-3-7-17)22(47)23(31,32)24(33,34)25(35,36)26(37,38)27(39,40)28(41,42)29(43,44)45/h1-9,11-12,14-15H,16H2. The van der Waals surface area contributed by atoms with Gasteiger partial charge in [-0.25, -0.2) is 4.39 Å². The molecule has 0 aromatic heterocycles. The third kappa shape index (κ3) is 6.31. The Hall–Kier alpha value is -4.43. The highest BCUT2D eigenvalue weighted by Crippen LogP contribution is 2.62. The van der Waals surface area contributed by atoms with Gasteiger partial charge in [-0.3, -0.25) is 4.79 Å². The van der Waals surface area contributed by atoms with Crippen LogP contribution in [0.2, 0.25) is 0 Å². The van der Waals surface area contributed by atoms with E-state index in [-0.39, 0.29) is 5.56 Å². The van der Waals surface area contributed by atoms with Crippen LogP contribution >= 0.6 is 0 Å². The fraction of sp³-hybridized carbons (Fsp3) is 0.276. The minimum Gasteiger partial charge on any atom is -0.301 e. The largest absolute Gasteiger partial charge is 0.460 e. The third-order valence-corrected chi connectivity index (χ3v) is 6.41. The van der Waals surface area contributed by atoms with Crippen molar-refractivity contribution in [3.8, 4) is 11.8 Å². The summed E-state index contributed by atoms with van der Waals surface area (Å²) >= 11 is 0. The number of para-hydroxylation sites is 1.